The number of rotatable bonds is 2. The minimum Gasteiger partial charge on any atom is -0.320 e. The molecule has 0 radical (unpaired) electrons. The fourth-order valence-electron chi connectivity index (χ4n) is 1.90. The van der Waals surface area contributed by atoms with Gasteiger partial charge in [-0.15, -0.1) is 0 Å². The van der Waals surface area contributed by atoms with E-state index < -0.39 is 11.7 Å². The lowest BCUT2D eigenvalue weighted by Gasteiger charge is -2.11. The second-order valence-corrected chi connectivity index (χ2v) is 4.78. The summed E-state index contributed by atoms with van der Waals surface area (Å²) in [7, 11) is 0. The van der Waals surface area contributed by atoms with Crippen LogP contribution >= 0.6 is 11.6 Å². The third-order valence-corrected chi connectivity index (χ3v) is 3.09. The standard InChI is InChI=1S/C15H13ClFNO/c1-9-7-10(2)14(12(16)8-9)18-15(19)11-5-3-4-6-13(11)17/h3-8H,1-2H3,(H,18,19). The summed E-state index contributed by atoms with van der Waals surface area (Å²) < 4.78 is 13.5. The van der Waals surface area contributed by atoms with Crippen LogP contribution in [0.1, 0.15) is 21.5 Å². The van der Waals surface area contributed by atoms with Crippen molar-refractivity contribution in [1.82, 2.24) is 0 Å². The summed E-state index contributed by atoms with van der Waals surface area (Å²) in [5.41, 5.74) is 2.36. The number of carbonyl (C=O) groups excluding carboxylic acids is 1. The molecule has 0 saturated carbocycles. The zero-order valence-electron chi connectivity index (χ0n) is 10.6. The van der Waals surface area contributed by atoms with Crippen LogP contribution in [0, 0.1) is 19.7 Å². The highest BCUT2D eigenvalue weighted by Crippen LogP contribution is 2.27. The lowest BCUT2D eigenvalue weighted by atomic mass is 10.1. The Morgan fingerprint density at radius 2 is 1.89 bits per heavy atom. The molecule has 0 aliphatic rings. The smallest absolute Gasteiger partial charge is 0.258 e. The summed E-state index contributed by atoms with van der Waals surface area (Å²) in [4.78, 5) is 12.0. The first-order valence-electron chi connectivity index (χ1n) is 5.81. The van der Waals surface area contributed by atoms with Gasteiger partial charge in [-0.2, -0.15) is 0 Å². The van der Waals surface area contributed by atoms with E-state index in [-0.39, 0.29) is 5.56 Å². The quantitative estimate of drug-likeness (QED) is 0.869. The van der Waals surface area contributed by atoms with Gasteiger partial charge in [-0.25, -0.2) is 4.39 Å². The number of hydrogen-bond acceptors (Lipinski definition) is 1. The van der Waals surface area contributed by atoms with Crippen LogP contribution in [-0.2, 0) is 0 Å². The zero-order valence-corrected chi connectivity index (χ0v) is 11.4. The van der Waals surface area contributed by atoms with Gasteiger partial charge in [0.2, 0.25) is 0 Å². The van der Waals surface area contributed by atoms with Crippen molar-refractivity contribution in [3.05, 3.63) is 63.9 Å². The summed E-state index contributed by atoms with van der Waals surface area (Å²) in [5, 5.41) is 3.10. The van der Waals surface area contributed by atoms with Crippen LogP contribution in [0.25, 0.3) is 0 Å². The molecule has 4 heteroatoms. The van der Waals surface area contributed by atoms with Gasteiger partial charge in [-0.1, -0.05) is 29.8 Å². The summed E-state index contributed by atoms with van der Waals surface area (Å²) >= 11 is 6.10. The Bertz CT molecular complexity index is 617. The first-order chi connectivity index (χ1) is 8.99. The summed E-state index contributed by atoms with van der Waals surface area (Å²) in [5.74, 6) is -1.06. The van der Waals surface area contributed by atoms with E-state index in [0.717, 1.165) is 11.1 Å². The molecule has 2 aromatic rings. The van der Waals surface area contributed by atoms with Gasteiger partial charge in [-0.05, 0) is 43.2 Å². The molecule has 1 N–H and O–H groups in total. The highest BCUT2D eigenvalue weighted by atomic mass is 35.5. The molecule has 0 aliphatic carbocycles. The molecule has 0 spiro atoms. The number of anilines is 1. The Morgan fingerprint density at radius 1 is 1.21 bits per heavy atom. The normalized spacial score (nSPS) is 10.3. The van der Waals surface area contributed by atoms with Gasteiger partial charge in [0.25, 0.3) is 5.91 Å². The molecule has 19 heavy (non-hydrogen) atoms. The van der Waals surface area contributed by atoms with E-state index in [4.69, 9.17) is 11.6 Å². The molecule has 0 fully saturated rings. The molecule has 1 amide bonds. The molecular formula is C15H13ClFNO. The first-order valence-corrected chi connectivity index (χ1v) is 6.19. The molecule has 0 unspecified atom stereocenters. The van der Waals surface area contributed by atoms with Gasteiger partial charge in [0.05, 0.1) is 16.3 Å². The molecule has 0 saturated heterocycles. The maximum Gasteiger partial charge on any atom is 0.258 e. The Balaban J connectivity index is 2.32. The van der Waals surface area contributed by atoms with E-state index in [1.54, 1.807) is 12.1 Å². The van der Waals surface area contributed by atoms with E-state index in [2.05, 4.69) is 5.32 Å². The number of hydrogen-bond donors (Lipinski definition) is 1. The van der Waals surface area contributed by atoms with Gasteiger partial charge in [0.15, 0.2) is 0 Å². The number of benzene rings is 2. The molecule has 2 rings (SSSR count). The van der Waals surface area contributed by atoms with Crippen molar-refractivity contribution in [3.8, 4) is 0 Å². The number of nitrogens with one attached hydrogen (secondary N) is 1. The third kappa shape index (κ3) is 2.93. The molecule has 0 atom stereocenters. The fraction of sp³-hybridized carbons (Fsp3) is 0.133. The average Bonchev–Trinajstić information content (AvgIpc) is 2.34. The molecule has 0 bridgehead atoms. The Labute approximate surface area is 116 Å². The van der Waals surface area contributed by atoms with E-state index in [1.165, 1.54) is 18.2 Å². The minimum absolute atomic E-state index is 0.00135. The van der Waals surface area contributed by atoms with Crippen molar-refractivity contribution >= 4 is 23.2 Å². The maximum atomic E-state index is 13.5. The molecule has 0 heterocycles. The average molecular weight is 278 g/mol. The molecule has 98 valence electrons. The maximum absolute atomic E-state index is 13.5. The second-order valence-electron chi connectivity index (χ2n) is 4.37. The van der Waals surface area contributed by atoms with Crippen molar-refractivity contribution in [2.45, 2.75) is 13.8 Å². The van der Waals surface area contributed by atoms with Crippen LogP contribution in [0.5, 0.6) is 0 Å². The van der Waals surface area contributed by atoms with Gasteiger partial charge in [0.1, 0.15) is 5.82 Å². The molecule has 0 aliphatic heterocycles. The number of aryl methyl sites for hydroxylation is 2. The Kier molecular flexibility index (Phi) is 3.86. The summed E-state index contributed by atoms with van der Waals surface area (Å²) in [6.07, 6.45) is 0. The van der Waals surface area contributed by atoms with E-state index in [1.807, 2.05) is 19.9 Å². The summed E-state index contributed by atoms with van der Waals surface area (Å²) in [6, 6.07) is 9.49. The largest absolute Gasteiger partial charge is 0.320 e. The van der Waals surface area contributed by atoms with Gasteiger partial charge in [-0.3, -0.25) is 4.79 Å². The number of amides is 1. The van der Waals surface area contributed by atoms with Crippen molar-refractivity contribution in [3.63, 3.8) is 0 Å². The van der Waals surface area contributed by atoms with Crippen molar-refractivity contribution in [1.29, 1.82) is 0 Å². The zero-order chi connectivity index (χ0) is 14.0. The van der Waals surface area contributed by atoms with Crippen LogP contribution in [0.2, 0.25) is 5.02 Å². The first kappa shape index (κ1) is 13.6. The van der Waals surface area contributed by atoms with Crippen molar-refractivity contribution in [2.24, 2.45) is 0 Å². The molecule has 2 aromatic carbocycles. The SMILES string of the molecule is Cc1cc(C)c(NC(=O)c2ccccc2F)c(Cl)c1. The Morgan fingerprint density at radius 3 is 2.53 bits per heavy atom. The number of halogens is 2. The topological polar surface area (TPSA) is 29.1 Å². The third-order valence-electron chi connectivity index (χ3n) is 2.79. The lowest BCUT2D eigenvalue weighted by molar-refractivity contribution is 0.102. The van der Waals surface area contributed by atoms with E-state index >= 15 is 0 Å². The Hall–Kier alpha value is -1.87. The van der Waals surface area contributed by atoms with Crippen LogP contribution in [0.3, 0.4) is 0 Å². The van der Waals surface area contributed by atoms with E-state index in [9.17, 15) is 9.18 Å². The van der Waals surface area contributed by atoms with Crippen LogP contribution in [0.15, 0.2) is 36.4 Å². The highest BCUT2D eigenvalue weighted by molar-refractivity contribution is 6.34. The van der Waals surface area contributed by atoms with Gasteiger partial charge < -0.3 is 5.32 Å². The second kappa shape index (κ2) is 5.41. The minimum atomic E-state index is -0.555. The van der Waals surface area contributed by atoms with Crippen LogP contribution < -0.4 is 5.32 Å². The predicted molar refractivity (Wildman–Crippen MR) is 75.3 cm³/mol. The molecule has 0 aromatic heterocycles. The van der Waals surface area contributed by atoms with Gasteiger partial charge >= 0.3 is 0 Å². The number of carbonyl (C=O) groups is 1. The van der Waals surface area contributed by atoms with Crippen molar-refractivity contribution < 1.29 is 9.18 Å². The lowest BCUT2D eigenvalue weighted by Crippen LogP contribution is -2.14. The van der Waals surface area contributed by atoms with Crippen LogP contribution in [-0.4, -0.2) is 5.91 Å². The van der Waals surface area contributed by atoms with E-state index in [0.29, 0.717) is 10.7 Å². The monoisotopic (exact) mass is 277 g/mol. The highest BCUT2D eigenvalue weighted by Gasteiger charge is 2.14. The summed E-state index contributed by atoms with van der Waals surface area (Å²) in [6.45, 7) is 3.76. The fourth-order valence-corrected chi connectivity index (χ4v) is 2.27. The van der Waals surface area contributed by atoms with Crippen molar-refractivity contribution in [2.75, 3.05) is 5.32 Å². The molecular weight excluding hydrogens is 265 g/mol. The van der Waals surface area contributed by atoms with Crippen LogP contribution in [0.4, 0.5) is 10.1 Å². The van der Waals surface area contributed by atoms with Gasteiger partial charge in [0, 0.05) is 0 Å². The predicted octanol–water partition coefficient (Wildman–Crippen LogP) is 4.35. The molecule has 2 nitrogen and oxygen atoms in total.